The Morgan fingerprint density at radius 3 is 2.14 bits per heavy atom. The normalized spacial score (nSPS) is 12.9. The molecule has 1 aromatic carbocycles. The standard InChI is InChI=1S/C24H38N4O7/c1-15(2)20(28-19(30)14-34-12-11-25-23(33)35-24(4,5)6)22(32)26-16(3)21(31)27-18-9-7-17(13-29)8-10-18/h7-10,15-16,20,29H,11-14H2,1-6H3,(H,25,33)(H,26,32)(H,27,31)(H,28,30)/t16-,20-/m0/s1. The highest BCUT2D eigenvalue weighted by Crippen LogP contribution is 2.10. The molecule has 0 aliphatic rings. The Morgan fingerprint density at radius 1 is 0.971 bits per heavy atom. The number of hydrogen-bond acceptors (Lipinski definition) is 7. The van der Waals surface area contributed by atoms with Gasteiger partial charge in [0.15, 0.2) is 0 Å². The Bertz CT molecular complexity index is 850. The molecule has 0 saturated heterocycles. The SMILES string of the molecule is CC(C)[C@H](NC(=O)COCCNC(=O)OC(C)(C)C)C(=O)N[C@@H](C)C(=O)Nc1ccc(CO)cc1. The van der Waals surface area contributed by atoms with Crippen molar-refractivity contribution in [2.75, 3.05) is 25.1 Å². The van der Waals surface area contributed by atoms with E-state index in [0.717, 1.165) is 0 Å². The van der Waals surface area contributed by atoms with Gasteiger partial charge < -0.3 is 35.8 Å². The van der Waals surface area contributed by atoms with Gasteiger partial charge in [0.2, 0.25) is 17.7 Å². The van der Waals surface area contributed by atoms with Crippen LogP contribution in [0.15, 0.2) is 24.3 Å². The van der Waals surface area contributed by atoms with Crippen LogP contribution in [-0.2, 0) is 30.5 Å². The van der Waals surface area contributed by atoms with Gasteiger partial charge in [-0.2, -0.15) is 0 Å². The Kier molecular flexibility index (Phi) is 12.2. The monoisotopic (exact) mass is 494 g/mol. The molecule has 0 aromatic heterocycles. The number of aliphatic hydroxyl groups is 1. The lowest BCUT2D eigenvalue weighted by Gasteiger charge is -2.24. The fourth-order valence-electron chi connectivity index (χ4n) is 2.77. The summed E-state index contributed by atoms with van der Waals surface area (Å²) >= 11 is 0. The molecule has 35 heavy (non-hydrogen) atoms. The topological polar surface area (TPSA) is 155 Å². The summed E-state index contributed by atoms with van der Waals surface area (Å²) in [6, 6.07) is 4.94. The van der Waals surface area contributed by atoms with Crippen molar-refractivity contribution < 1.29 is 33.8 Å². The van der Waals surface area contributed by atoms with Crippen LogP contribution < -0.4 is 21.3 Å². The number of carbonyl (C=O) groups excluding carboxylic acids is 4. The first-order valence-corrected chi connectivity index (χ1v) is 11.5. The molecule has 4 amide bonds. The predicted molar refractivity (Wildman–Crippen MR) is 130 cm³/mol. The Morgan fingerprint density at radius 2 is 1.60 bits per heavy atom. The van der Waals surface area contributed by atoms with Gasteiger partial charge in [-0.05, 0) is 51.3 Å². The van der Waals surface area contributed by atoms with Crippen molar-refractivity contribution in [2.45, 2.75) is 65.8 Å². The van der Waals surface area contributed by atoms with Gasteiger partial charge in [-0.25, -0.2) is 4.79 Å². The van der Waals surface area contributed by atoms with Crippen molar-refractivity contribution in [1.82, 2.24) is 16.0 Å². The first kappa shape index (κ1) is 29.9. The van der Waals surface area contributed by atoms with Gasteiger partial charge >= 0.3 is 6.09 Å². The summed E-state index contributed by atoms with van der Waals surface area (Å²) < 4.78 is 10.3. The number of rotatable bonds is 12. The minimum atomic E-state index is -0.870. The molecule has 1 aromatic rings. The lowest BCUT2D eigenvalue weighted by atomic mass is 10.0. The molecule has 5 N–H and O–H groups in total. The average molecular weight is 495 g/mol. The maximum Gasteiger partial charge on any atom is 0.407 e. The summed E-state index contributed by atoms with van der Waals surface area (Å²) in [5, 5.41) is 19.5. The second kappa shape index (κ2) is 14.3. The minimum Gasteiger partial charge on any atom is -0.444 e. The number of ether oxygens (including phenoxy) is 2. The highest BCUT2D eigenvalue weighted by molar-refractivity contribution is 5.98. The summed E-state index contributed by atoms with van der Waals surface area (Å²) in [4.78, 5) is 48.9. The zero-order valence-corrected chi connectivity index (χ0v) is 21.3. The fourth-order valence-corrected chi connectivity index (χ4v) is 2.77. The summed E-state index contributed by atoms with van der Waals surface area (Å²) in [6.07, 6.45) is -0.581. The van der Waals surface area contributed by atoms with Gasteiger partial charge in [0, 0.05) is 12.2 Å². The number of nitrogens with one attached hydrogen (secondary N) is 4. The molecule has 11 heteroatoms. The van der Waals surface area contributed by atoms with E-state index < -0.39 is 41.5 Å². The van der Waals surface area contributed by atoms with Crippen LogP contribution in [0.3, 0.4) is 0 Å². The van der Waals surface area contributed by atoms with E-state index >= 15 is 0 Å². The Hall–Kier alpha value is -3.18. The maximum absolute atomic E-state index is 12.7. The predicted octanol–water partition coefficient (Wildman–Crippen LogP) is 1.30. The Balaban J connectivity index is 2.45. The number of hydrogen-bond donors (Lipinski definition) is 5. The van der Waals surface area contributed by atoms with Gasteiger partial charge in [0.1, 0.15) is 24.3 Å². The molecule has 196 valence electrons. The van der Waals surface area contributed by atoms with Crippen LogP contribution in [0, 0.1) is 5.92 Å². The number of anilines is 1. The van der Waals surface area contributed by atoms with Crippen LogP contribution in [-0.4, -0.2) is 66.4 Å². The van der Waals surface area contributed by atoms with Gasteiger partial charge in [0.05, 0.1) is 13.2 Å². The van der Waals surface area contributed by atoms with Crippen LogP contribution in [0.5, 0.6) is 0 Å². The van der Waals surface area contributed by atoms with E-state index in [-0.39, 0.29) is 32.3 Å². The molecule has 0 heterocycles. The number of aliphatic hydroxyl groups excluding tert-OH is 1. The molecule has 0 aliphatic carbocycles. The van der Waals surface area contributed by atoms with E-state index in [4.69, 9.17) is 14.6 Å². The van der Waals surface area contributed by atoms with Crippen molar-refractivity contribution in [1.29, 1.82) is 0 Å². The third-order valence-electron chi connectivity index (χ3n) is 4.57. The molecule has 0 bridgehead atoms. The van der Waals surface area contributed by atoms with Crippen LogP contribution in [0.25, 0.3) is 0 Å². The van der Waals surface area contributed by atoms with Crippen LogP contribution >= 0.6 is 0 Å². The molecule has 0 unspecified atom stereocenters. The molecule has 0 aliphatic heterocycles. The highest BCUT2D eigenvalue weighted by atomic mass is 16.6. The van der Waals surface area contributed by atoms with Gasteiger partial charge in [-0.15, -0.1) is 0 Å². The third kappa shape index (κ3) is 12.2. The number of amides is 4. The van der Waals surface area contributed by atoms with E-state index in [1.807, 2.05) is 0 Å². The highest BCUT2D eigenvalue weighted by Gasteiger charge is 2.27. The maximum atomic E-state index is 12.7. The molecule has 0 spiro atoms. The first-order valence-electron chi connectivity index (χ1n) is 11.5. The van der Waals surface area contributed by atoms with Crippen molar-refractivity contribution in [2.24, 2.45) is 5.92 Å². The lowest BCUT2D eigenvalue weighted by molar-refractivity contribution is -0.133. The molecule has 1 rings (SSSR count). The second-order valence-electron chi connectivity index (χ2n) is 9.35. The van der Waals surface area contributed by atoms with E-state index in [9.17, 15) is 19.2 Å². The zero-order valence-electron chi connectivity index (χ0n) is 21.3. The molecule has 0 saturated carbocycles. The number of carbonyl (C=O) groups is 4. The smallest absolute Gasteiger partial charge is 0.407 e. The second-order valence-corrected chi connectivity index (χ2v) is 9.35. The van der Waals surface area contributed by atoms with E-state index in [0.29, 0.717) is 11.3 Å². The molecule has 11 nitrogen and oxygen atoms in total. The summed E-state index contributed by atoms with van der Waals surface area (Å²) in [7, 11) is 0. The third-order valence-corrected chi connectivity index (χ3v) is 4.57. The van der Waals surface area contributed by atoms with Crippen LogP contribution in [0.4, 0.5) is 10.5 Å². The summed E-state index contributed by atoms with van der Waals surface area (Å²) in [5.74, 6) is -1.67. The van der Waals surface area contributed by atoms with E-state index in [1.165, 1.54) is 6.92 Å². The van der Waals surface area contributed by atoms with Crippen LogP contribution in [0.2, 0.25) is 0 Å². The van der Waals surface area contributed by atoms with Gasteiger partial charge in [-0.1, -0.05) is 26.0 Å². The zero-order chi connectivity index (χ0) is 26.6. The first-order chi connectivity index (χ1) is 16.3. The molecule has 0 radical (unpaired) electrons. The quantitative estimate of drug-likeness (QED) is 0.274. The van der Waals surface area contributed by atoms with Crippen molar-refractivity contribution in [3.8, 4) is 0 Å². The van der Waals surface area contributed by atoms with Crippen molar-refractivity contribution >= 4 is 29.5 Å². The summed E-state index contributed by atoms with van der Waals surface area (Å²) in [5.41, 5.74) is 0.630. The van der Waals surface area contributed by atoms with Crippen molar-refractivity contribution in [3.63, 3.8) is 0 Å². The number of alkyl carbamates (subject to hydrolysis) is 1. The van der Waals surface area contributed by atoms with E-state index in [2.05, 4.69) is 21.3 Å². The summed E-state index contributed by atoms with van der Waals surface area (Å²) in [6.45, 7) is 10.2. The van der Waals surface area contributed by atoms with Crippen molar-refractivity contribution in [3.05, 3.63) is 29.8 Å². The minimum absolute atomic E-state index is 0.0850. The molecular weight excluding hydrogens is 456 g/mol. The van der Waals surface area contributed by atoms with Gasteiger partial charge in [0.25, 0.3) is 0 Å². The molecule has 2 atom stereocenters. The average Bonchev–Trinajstić information content (AvgIpc) is 2.76. The fraction of sp³-hybridized carbons (Fsp3) is 0.583. The molecular formula is C24H38N4O7. The van der Waals surface area contributed by atoms with Crippen LogP contribution in [0.1, 0.15) is 47.1 Å². The largest absolute Gasteiger partial charge is 0.444 e. The molecule has 0 fully saturated rings. The Labute approximate surface area is 206 Å². The number of benzene rings is 1. The van der Waals surface area contributed by atoms with E-state index in [1.54, 1.807) is 58.9 Å². The van der Waals surface area contributed by atoms with Gasteiger partial charge in [-0.3, -0.25) is 14.4 Å². The lowest BCUT2D eigenvalue weighted by Crippen LogP contribution is -2.54.